The number of halogens is 1. The summed E-state index contributed by atoms with van der Waals surface area (Å²) < 4.78 is 5.28. The highest BCUT2D eigenvalue weighted by molar-refractivity contribution is 6.31. The van der Waals surface area contributed by atoms with Crippen LogP contribution in [0.15, 0.2) is 24.3 Å². The summed E-state index contributed by atoms with van der Waals surface area (Å²) >= 11 is 6.07. The van der Waals surface area contributed by atoms with Crippen LogP contribution in [0.4, 0.5) is 0 Å². The minimum Gasteiger partial charge on any atom is -0.390 e. The molecule has 4 nitrogen and oxygen atoms in total. The van der Waals surface area contributed by atoms with Gasteiger partial charge in [0, 0.05) is 37.7 Å². The lowest BCUT2D eigenvalue weighted by Gasteiger charge is -2.28. The first-order valence-corrected chi connectivity index (χ1v) is 7.06. The first-order valence-electron chi connectivity index (χ1n) is 6.68. The van der Waals surface area contributed by atoms with Gasteiger partial charge in [-0.2, -0.15) is 0 Å². The molecule has 106 valence electrons. The van der Waals surface area contributed by atoms with Crippen molar-refractivity contribution < 1.29 is 9.84 Å². The van der Waals surface area contributed by atoms with Crippen molar-refractivity contribution in [3.05, 3.63) is 34.9 Å². The monoisotopic (exact) mass is 284 g/mol. The van der Waals surface area contributed by atoms with E-state index in [0.717, 1.165) is 36.9 Å². The molecule has 0 amide bonds. The molecule has 0 aromatic heterocycles. The molecule has 0 spiro atoms. The van der Waals surface area contributed by atoms with Gasteiger partial charge in [-0.3, -0.25) is 4.90 Å². The number of rotatable bonds is 6. The molecule has 1 unspecified atom stereocenters. The summed E-state index contributed by atoms with van der Waals surface area (Å²) in [6, 6.07) is 7.75. The van der Waals surface area contributed by atoms with E-state index in [2.05, 4.69) is 10.2 Å². The van der Waals surface area contributed by atoms with Gasteiger partial charge in [0.2, 0.25) is 0 Å². The average Bonchev–Trinajstić information content (AvgIpc) is 2.42. The molecule has 1 aromatic rings. The number of benzene rings is 1. The minimum atomic E-state index is -0.361. The van der Waals surface area contributed by atoms with Gasteiger partial charge >= 0.3 is 0 Å². The molecule has 1 aliphatic heterocycles. The fraction of sp³-hybridized carbons (Fsp3) is 0.571. The Hall–Kier alpha value is -0.650. The van der Waals surface area contributed by atoms with Gasteiger partial charge in [-0.15, -0.1) is 0 Å². The fourth-order valence-electron chi connectivity index (χ4n) is 2.16. The summed E-state index contributed by atoms with van der Waals surface area (Å²) in [7, 11) is 0. The Kier molecular flexibility index (Phi) is 6.07. The molecule has 0 bridgehead atoms. The highest BCUT2D eigenvalue weighted by atomic mass is 35.5. The molecule has 1 atom stereocenters. The second-order valence-electron chi connectivity index (χ2n) is 4.79. The third-order valence-electron chi connectivity index (χ3n) is 3.23. The molecular formula is C14H21ClN2O2. The molecule has 1 aliphatic rings. The number of ether oxygens (including phenoxy) is 1. The second kappa shape index (κ2) is 7.82. The van der Waals surface area contributed by atoms with Gasteiger partial charge in [-0.25, -0.2) is 0 Å². The van der Waals surface area contributed by atoms with Crippen molar-refractivity contribution in [2.75, 3.05) is 39.4 Å². The largest absolute Gasteiger partial charge is 0.390 e. The zero-order valence-electron chi connectivity index (χ0n) is 11.0. The summed E-state index contributed by atoms with van der Waals surface area (Å²) in [5, 5.41) is 14.0. The van der Waals surface area contributed by atoms with Crippen molar-refractivity contribution in [2.45, 2.75) is 12.6 Å². The van der Waals surface area contributed by atoms with Crippen LogP contribution in [-0.4, -0.2) is 55.5 Å². The molecule has 2 rings (SSSR count). The number of hydrogen-bond donors (Lipinski definition) is 2. The van der Waals surface area contributed by atoms with Gasteiger partial charge in [0.25, 0.3) is 0 Å². The predicted octanol–water partition coefficient (Wildman–Crippen LogP) is 1.12. The number of nitrogens with zero attached hydrogens (tertiary/aromatic N) is 1. The van der Waals surface area contributed by atoms with Crippen LogP contribution in [0.25, 0.3) is 0 Å². The quantitative estimate of drug-likeness (QED) is 0.822. The molecular weight excluding hydrogens is 264 g/mol. The molecule has 0 aliphatic carbocycles. The number of aliphatic hydroxyl groups is 1. The number of nitrogens with one attached hydrogen (secondary N) is 1. The first-order chi connectivity index (χ1) is 9.25. The Bertz CT molecular complexity index is 383. The Balaban J connectivity index is 1.66. The van der Waals surface area contributed by atoms with Crippen LogP contribution in [0, 0.1) is 0 Å². The average molecular weight is 285 g/mol. The number of β-amino-alcohol motifs (C(OH)–C–C–N with tert-alkyl or cyclic N) is 1. The number of morpholine rings is 1. The molecule has 1 heterocycles. The Morgan fingerprint density at radius 2 is 2.05 bits per heavy atom. The Labute approximate surface area is 119 Å². The van der Waals surface area contributed by atoms with Gasteiger partial charge in [-0.1, -0.05) is 29.8 Å². The summed E-state index contributed by atoms with van der Waals surface area (Å²) in [6.45, 7) is 5.28. The molecule has 1 aromatic carbocycles. The minimum absolute atomic E-state index is 0.361. The van der Waals surface area contributed by atoms with Crippen molar-refractivity contribution in [3.63, 3.8) is 0 Å². The van der Waals surface area contributed by atoms with Gasteiger partial charge in [0.15, 0.2) is 0 Å². The van der Waals surface area contributed by atoms with Crippen molar-refractivity contribution in [1.82, 2.24) is 10.2 Å². The summed E-state index contributed by atoms with van der Waals surface area (Å²) in [4.78, 5) is 2.23. The van der Waals surface area contributed by atoms with E-state index in [1.165, 1.54) is 0 Å². The third kappa shape index (κ3) is 5.09. The lowest BCUT2D eigenvalue weighted by molar-refractivity contribution is 0.0149. The molecule has 5 heteroatoms. The van der Waals surface area contributed by atoms with Crippen LogP contribution in [0.1, 0.15) is 5.56 Å². The van der Waals surface area contributed by atoms with E-state index in [9.17, 15) is 5.11 Å². The predicted molar refractivity (Wildman–Crippen MR) is 76.4 cm³/mol. The van der Waals surface area contributed by atoms with Gasteiger partial charge in [0.05, 0.1) is 19.3 Å². The number of aliphatic hydroxyl groups excluding tert-OH is 1. The Morgan fingerprint density at radius 3 is 2.79 bits per heavy atom. The Morgan fingerprint density at radius 1 is 1.32 bits per heavy atom. The van der Waals surface area contributed by atoms with Crippen molar-refractivity contribution in [3.8, 4) is 0 Å². The number of hydrogen-bond acceptors (Lipinski definition) is 4. The third-order valence-corrected chi connectivity index (χ3v) is 3.59. The maximum absolute atomic E-state index is 9.97. The van der Waals surface area contributed by atoms with E-state index in [4.69, 9.17) is 16.3 Å². The first kappa shape index (κ1) is 14.8. The second-order valence-corrected chi connectivity index (χ2v) is 5.20. The highest BCUT2D eigenvalue weighted by Gasteiger charge is 2.14. The van der Waals surface area contributed by atoms with E-state index in [-0.39, 0.29) is 6.10 Å². The standard InChI is InChI=1S/C14H21ClN2O2/c15-14-4-2-1-3-12(14)9-16-10-13(18)11-17-5-7-19-8-6-17/h1-4,13,16,18H,5-11H2. The van der Waals surface area contributed by atoms with Gasteiger partial charge < -0.3 is 15.2 Å². The van der Waals surface area contributed by atoms with Crippen LogP contribution < -0.4 is 5.32 Å². The van der Waals surface area contributed by atoms with E-state index < -0.39 is 0 Å². The molecule has 2 N–H and O–H groups in total. The van der Waals surface area contributed by atoms with Gasteiger partial charge in [0.1, 0.15) is 0 Å². The topological polar surface area (TPSA) is 44.7 Å². The van der Waals surface area contributed by atoms with E-state index >= 15 is 0 Å². The maximum Gasteiger partial charge on any atom is 0.0791 e. The summed E-state index contributed by atoms with van der Waals surface area (Å²) in [5.41, 5.74) is 1.06. The molecule has 19 heavy (non-hydrogen) atoms. The smallest absolute Gasteiger partial charge is 0.0791 e. The van der Waals surface area contributed by atoms with Crippen LogP contribution in [0.5, 0.6) is 0 Å². The van der Waals surface area contributed by atoms with Crippen molar-refractivity contribution in [1.29, 1.82) is 0 Å². The highest BCUT2D eigenvalue weighted by Crippen LogP contribution is 2.14. The van der Waals surface area contributed by atoms with Crippen LogP contribution in [0.3, 0.4) is 0 Å². The lowest BCUT2D eigenvalue weighted by Crippen LogP contribution is -2.43. The van der Waals surface area contributed by atoms with Crippen molar-refractivity contribution in [2.24, 2.45) is 0 Å². The molecule has 1 fully saturated rings. The molecule has 1 saturated heterocycles. The van der Waals surface area contributed by atoms with Crippen LogP contribution >= 0.6 is 11.6 Å². The van der Waals surface area contributed by atoms with E-state index in [0.29, 0.717) is 19.6 Å². The SMILES string of the molecule is OC(CNCc1ccccc1Cl)CN1CCOCC1. The fourth-order valence-corrected chi connectivity index (χ4v) is 2.36. The molecule has 0 saturated carbocycles. The normalized spacial score (nSPS) is 18.4. The molecule has 0 radical (unpaired) electrons. The van der Waals surface area contributed by atoms with Crippen LogP contribution in [0.2, 0.25) is 5.02 Å². The zero-order chi connectivity index (χ0) is 13.5. The van der Waals surface area contributed by atoms with Crippen LogP contribution in [-0.2, 0) is 11.3 Å². The van der Waals surface area contributed by atoms with E-state index in [1.54, 1.807) is 0 Å². The summed E-state index contributed by atoms with van der Waals surface area (Å²) in [5.74, 6) is 0. The van der Waals surface area contributed by atoms with Crippen molar-refractivity contribution >= 4 is 11.6 Å². The van der Waals surface area contributed by atoms with E-state index in [1.807, 2.05) is 24.3 Å². The lowest BCUT2D eigenvalue weighted by atomic mass is 10.2. The summed E-state index contributed by atoms with van der Waals surface area (Å²) in [6.07, 6.45) is -0.361. The van der Waals surface area contributed by atoms with Gasteiger partial charge in [-0.05, 0) is 11.6 Å². The maximum atomic E-state index is 9.97. The zero-order valence-corrected chi connectivity index (χ0v) is 11.8.